The van der Waals surface area contributed by atoms with Crippen LogP contribution in [-0.4, -0.2) is 48.2 Å². The molecule has 2 aromatic rings. The molecule has 1 atom stereocenters. The average Bonchev–Trinajstić information content (AvgIpc) is 3.05. The Balaban J connectivity index is 1.57. The SMILES string of the molecule is Cc1cc(NC(=O)[C@@H](C)N2CCN(c3ccc(C#N)cc3F)CC2)no1. The third-order valence-electron chi connectivity index (χ3n) is 4.54. The second-order valence-corrected chi connectivity index (χ2v) is 6.29. The number of amides is 1. The summed E-state index contributed by atoms with van der Waals surface area (Å²) in [6.45, 7) is 6.05. The number of hydrogen-bond acceptors (Lipinski definition) is 6. The minimum atomic E-state index is -0.398. The van der Waals surface area contributed by atoms with Gasteiger partial charge in [0.2, 0.25) is 5.91 Å². The van der Waals surface area contributed by atoms with Crippen molar-refractivity contribution in [2.45, 2.75) is 19.9 Å². The second-order valence-electron chi connectivity index (χ2n) is 6.29. The summed E-state index contributed by atoms with van der Waals surface area (Å²) in [7, 11) is 0. The van der Waals surface area contributed by atoms with Gasteiger partial charge in [0.25, 0.3) is 0 Å². The van der Waals surface area contributed by atoms with Crippen molar-refractivity contribution < 1.29 is 13.7 Å². The van der Waals surface area contributed by atoms with Crippen molar-refractivity contribution in [1.82, 2.24) is 10.1 Å². The van der Waals surface area contributed by atoms with Gasteiger partial charge < -0.3 is 14.7 Å². The maximum atomic E-state index is 14.2. The maximum Gasteiger partial charge on any atom is 0.242 e. The number of carbonyl (C=O) groups excluding carboxylic acids is 1. The molecule has 0 unspecified atom stereocenters. The summed E-state index contributed by atoms with van der Waals surface area (Å²) in [5.41, 5.74) is 0.789. The second kappa shape index (κ2) is 7.54. The molecule has 8 heteroatoms. The number of aryl methyl sites for hydroxylation is 1. The number of anilines is 2. The molecule has 3 rings (SSSR count). The Hall–Kier alpha value is -2.92. The van der Waals surface area contributed by atoms with E-state index < -0.39 is 5.82 Å². The molecule has 1 saturated heterocycles. The Kier molecular flexibility index (Phi) is 5.19. The molecule has 0 radical (unpaired) electrons. The molecule has 0 bridgehead atoms. The minimum absolute atomic E-state index is 0.156. The third-order valence-corrected chi connectivity index (χ3v) is 4.54. The lowest BCUT2D eigenvalue weighted by Crippen LogP contribution is -2.53. The molecule has 26 heavy (non-hydrogen) atoms. The first kappa shape index (κ1) is 17.9. The zero-order valence-electron chi connectivity index (χ0n) is 14.7. The molecule has 1 N–H and O–H groups in total. The summed E-state index contributed by atoms with van der Waals surface area (Å²) < 4.78 is 19.1. The van der Waals surface area contributed by atoms with Crippen molar-refractivity contribution >= 4 is 17.4 Å². The number of nitriles is 1. The highest BCUT2D eigenvalue weighted by Crippen LogP contribution is 2.22. The molecule has 1 fully saturated rings. The van der Waals surface area contributed by atoms with Gasteiger partial charge in [0.15, 0.2) is 5.82 Å². The molecule has 0 spiro atoms. The predicted octanol–water partition coefficient (Wildman–Crippen LogP) is 2.14. The average molecular weight is 357 g/mol. The number of nitrogens with zero attached hydrogens (tertiary/aromatic N) is 4. The fourth-order valence-corrected chi connectivity index (χ4v) is 3.00. The number of aromatic nitrogens is 1. The van der Waals surface area contributed by atoms with Crippen LogP contribution in [0.2, 0.25) is 0 Å². The van der Waals surface area contributed by atoms with Crippen molar-refractivity contribution in [2.75, 3.05) is 36.4 Å². The van der Waals surface area contributed by atoms with E-state index in [0.29, 0.717) is 49.0 Å². The molecular weight excluding hydrogens is 337 g/mol. The quantitative estimate of drug-likeness (QED) is 0.902. The van der Waals surface area contributed by atoms with E-state index in [1.165, 1.54) is 6.07 Å². The van der Waals surface area contributed by atoms with Crippen LogP contribution in [0.3, 0.4) is 0 Å². The monoisotopic (exact) mass is 357 g/mol. The van der Waals surface area contributed by atoms with Gasteiger partial charge in [0, 0.05) is 32.2 Å². The lowest BCUT2D eigenvalue weighted by atomic mass is 10.1. The largest absolute Gasteiger partial charge is 0.367 e. The van der Waals surface area contributed by atoms with Gasteiger partial charge in [-0.05, 0) is 32.0 Å². The van der Waals surface area contributed by atoms with Crippen LogP contribution in [0.25, 0.3) is 0 Å². The van der Waals surface area contributed by atoms with Gasteiger partial charge in [0.1, 0.15) is 11.6 Å². The number of hydrogen-bond donors (Lipinski definition) is 1. The van der Waals surface area contributed by atoms with Crippen LogP contribution in [0.15, 0.2) is 28.8 Å². The number of piperazine rings is 1. The normalized spacial score (nSPS) is 16.2. The molecule has 0 saturated carbocycles. The summed E-state index contributed by atoms with van der Waals surface area (Å²) in [5.74, 6) is 0.477. The Morgan fingerprint density at radius 2 is 2.08 bits per heavy atom. The smallest absolute Gasteiger partial charge is 0.242 e. The van der Waals surface area contributed by atoms with Gasteiger partial charge in [-0.25, -0.2) is 4.39 Å². The van der Waals surface area contributed by atoms with Gasteiger partial charge in [-0.2, -0.15) is 5.26 Å². The molecule has 1 aliphatic rings. The molecule has 0 aliphatic carbocycles. The summed E-state index contributed by atoms with van der Waals surface area (Å²) >= 11 is 0. The van der Waals surface area contributed by atoms with E-state index in [-0.39, 0.29) is 11.9 Å². The summed E-state index contributed by atoms with van der Waals surface area (Å²) in [6.07, 6.45) is 0. The Bertz CT molecular complexity index is 836. The summed E-state index contributed by atoms with van der Waals surface area (Å²) in [4.78, 5) is 16.3. The van der Waals surface area contributed by atoms with Gasteiger partial charge in [-0.3, -0.25) is 9.69 Å². The Labute approximate surface area is 151 Å². The van der Waals surface area contributed by atoms with Crippen LogP contribution < -0.4 is 10.2 Å². The van der Waals surface area contributed by atoms with Gasteiger partial charge in [-0.1, -0.05) is 5.16 Å². The first-order valence-electron chi connectivity index (χ1n) is 8.41. The van der Waals surface area contributed by atoms with Crippen LogP contribution in [-0.2, 0) is 4.79 Å². The summed E-state index contributed by atoms with van der Waals surface area (Å²) in [6, 6.07) is 7.75. The molecule has 2 heterocycles. The van der Waals surface area contributed by atoms with Crippen LogP contribution >= 0.6 is 0 Å². The van der Waals surface area contributed by atoms with E-state index in [1.807, 2.05) is 22.8 Å². The number of nitrogens with one attached hydrogen (secondary N) is 1. The molecular formula is C18H20FN5O2. The Morgan fingerprint density at radius 1 is 1.35 bits per heavy atom. The number of rotatable bonds is 4. The highest BCUT2D eigenvalue weighted by Gasteiger charge is 2.27. The number of benzene rings is 1. The Morgan fingerprint density at radius 3 is 2.65 bits per heavy atom. The minimum Gasteiger partial charge on any atom is -0.367 e. The first-order valence-corrected chi connectivity index (χ1v) is 8.41. The van der Waals surface area contributed by atoms with E-state index in [0.717, 1.165) is 0 Å². The van der Waals surface area contributed by atoms with Crippen LogP contribution in [0.4, 0.5) is 15.9 Å². The highest BCUT2D eigenvalue weighted by atomic mass is 19.1. The van der Waals surface area contributed by atoms with Crippen LogP contribution in [0, 0.1) is 24.1 Å². The molecule has 1 aromatic heterocycles. The first-order chi connectivity index (χ1) is 12.5. The standard InChI is InChI=1S/C18H20FN5O2/c1-12-9-17(22-26-12)21-18(25)13(2)23-5-7-24(8-6-23)16-4-3-14(11-20)10-15(16)19/h3-4,9-10,13H,5-8H2,1-2H3,(H,21,22,25)/t13-/m1/s1. The van der Waals surface area contributed by atoms with E-state index in [1.54, 1.807) is 25.1 Å². The molecule has 1 aliphatic heterocycles. The fourth-order valence-electron chi connectivity index (χ4n) is 3.00. The van der Waals surface area contributed by atoms with Crippen molar-refractivity contribution in [3.05, 3.63) is 41.4 Å². The maximum absolute atomic E-state index is 14.2. The zero-order chi connectivity index (χ0) is 18.7. The number of carbonyl (C=O) groups is 1. The zero-order valence-corrected chi connectivity index (χ0v) is 14.7. The van der Waals surface area contributed by atoms with E-state index in [9.17, 15) is 9.18 Å². The van der Waals surface area contributed by atoms with E-state index in [4.69, 9.17) is 9.78 Å². The fraction of sp³-hybridized carbons (Fsp3) is 0.389. The lowest BCUT2D eigenvalue weighted by Gasteiger charge is -2.38. The third kappa shape index (κ3) is 3.83. The van der Waals surface area contributed by atoms with E-state index in [2.05, 4.69) is 10.5 Å². The topological polar surface area (TPSA) is 85.4 Å². The highest BCUT2D eigenvalue weighted by molar-refractivity contribution is 5.93. The van der Waals surface area contributed by atoms with Crippen molar-refractivity contribution in [1.29, 1.82) is 5.26 Å². The van der Waals surface area contributed by atoms with Gasteiger partial charge in [-0.15, -0.1) is 0 Å². The lowest BCUT2D eigenvalue weighted by molar-refractivity contribution is -0.120. The van der Waals surface area contributed by atoms with E-state index >= 15 is 0 Å². The van der Waals surface area contributed by atoms with Crippen LogP contribution in [0.5, 0.6) is 0 Å². The van der Waals surface area contributed by atoms with Crippen molar-refractivity contribution in [3.8, 4) is 6.07 Å². The molecule has 1 amide bonds. The van der Waals surface area contributed by atoms with Crippen molar-refractivity contribution in [2.24, 2.45) is 0 Å². The molecule has 1 aromatic carbocycles. The molecule has 136 valence electrons. The van der Waals surface area contributed by atoms with Gasteiger partial charge in [0.05, 0.1) is 23.4 Å². The predicted molar refractivity (Wildman–Crippen MR) is 94.2 cm³/mol. The van der Waals surface area contributed by atoms with Gasteiger partial charge >= 0.3 is 0 Å². The van der Waals surface area contributed by atoms with Crippen molar-refractivity contribution in [3.63, 3.8) is 0 Å². The van der Waals surface area contributed by atoms with Crippen LogP contribution in [0.1, 0.15) is 18.2 Å². The molecule has 7 nitrogen and oxygen atoms in total. The summed E-state index contributed by atoms with van der Waals surface area (Å²) in [5, 5.41) is 15.3. The number of halogens is 1.